The van der Waals surface area contributed by atoms with Crippen molar-refractivity contribution in [2.45, 2.75) is 21.9 Å². The third-order valence-electron chi connectivity index (χ3n) is 6.17. The van der Waals surface area contributed by atoms with Gasteiger partial charge in [-0.2, -0.15) is 0 Å². The summed E-state index contributed by atoms with van der Waals surface area (Å²) in [5, 5.41) is 22.1. The summed E-state index contributed by atoms with van der Waals surface area (Å²) in [6, 6.07) is 21.5. The van der Waals surface area contributed by atoms with Gasteiger partial charge in [0.2, 0.25) is 20.0 Å². The smallest absolute Gasteiger partial charge is 0.258 e. The molecule has 0 spiro atoms. The van der Waals surface area contributed by atoms with Crippen molar-refractivity contribution >= 4 is 53.4 Å². The van der Waals surface area contributed by atoms with Crippen molar-refractivity contribution in [1.82, 2.24) is 9.44 Å². The predicted molar refractivity (Wildman–Crippen MR) is 163 cm³/mol. The lowest BCUT2D eigenvalue weighted by Gasteiger charge is -2.27. The fourth-order valence-electron chi connectivity index (χ4n) is 3.99. The van der Waals surface area contributed by atoms with Crippen LogP contribution in [-0.2, 0) is 20.0 Å². The molecule has 0 radical (unpaired) electrons. The molecule has 4 aromatic rings. The van der Waals surface area contributed by atoms with Crippen molar-refractivity contribution in [3.05, 3.63) is 145 Å². The molecule has 0 aliphatic heterocycles. The summed E-state index contributed by atoms with van der Waals surface area (Å²) >= 11 is 3.34. The highest BCUT2D eigenvalue weighted by atomic mass is 79.9. The Hall–Kier alpha value is -4.28. The Morgan fingerprint density at radius 2 is 1.12 bits per heavy atom. The summed E-state index contributed by atoms with van der Waals surface area (Å²) < 4.78 is 59.8. The van der Waals surface area contributed by atoms with E-state index in [2.05, 4.69) is 25.4 Å². The number of hydrogen-bond acceptors (Lipinski definition) is 8. The van der Waals surface area contributed by atoms with Crippen LogP contribution in [0.4, 0.5) is 11.4 Å². The fraction of sp³-hybridized carbons (Fsp3) is 0.0714. The Morgan fingerprint density at radius 3 is 1.58 bits per heavy atom. The number of rotatable bonds is 12. The van der Waals surface area contributed by atoms with Gasteiger partial charge in [0.25, 0.3) is 11.4 Å². The molecule has 2 atom stereocenters. The van der Waals surface area contributed by atoms with E-state index >= 15 is 0 Å². The molecule has 12 nitrogen and oxygen atoms in total. The number of nitro groups is 2. The largest absolute Gasteiger partial charge is 0.269 e. The molecule has 0 bridgehead atoms. The van der Waals surface area contributed by atoms with Gasteiger partial charge in [-0.15, -0.1) is 0 Å². The first-order valence-electron chi connectivity index (χ1n) is 12.4. The molecule has 0 saturated carbocycles. The quantitative estimate of drug-likeness (QED) is 0.148. The lowest BCUT2D eigenvalue weighted by Crippen LogP contribution is -2.45. The zero-order valence-corrected chi connectivity index (χ0v) is 25.2. The minimum Gasteiger partial charge on any atom is -0.258 e. The van der Waals surface area contributed by atoms with Crippen LogP contribution in [-0.4, -0.2) is 32.7 Å². The van der Waals surface area contributed by atoms with Gasteiger partial charge >= 0.3 is 0 Å². The number of benzene rings is 4. The number of nitrogens with zero attached hydrogens (tertiary/aromatic N) is 2. The monoisotopic (exact) mass is 686 g/mol. The van der Waals surface area contributed by atoms with Gasteiger partial charge in [0, 0.05) is 28.7 Å². The van der Waals surface area contributed by atoms with Crippen molar-refractivity contribution in [3.8, 4) is 0 Å². The van der Waals surface area contributed by atoms with E-state index in [0.717, 1.165) is 48.5 Å². The Bertz CT molecular complexity index is 1850. The maximum atomic E-state index is 13.5. The molecule has 0 fully saturated rings. The van der Waals surface area contributed by atoms with Crippen LogP contribution in [0.25, 0.3) is 6.08 Å². The topological polar surface area (TPSA) is 179 Å². The maximum Gasteiger partial charge on any atom is 0.269 e. The van der Waals surface area contributed by atoms with E-state index in [4.69, 9.17) is 0 Å². The van der Waals surface area contributed by atoms with Gasteiger partial charge in [0.05, 0.1) is 31.7 Å². The third-order valence-corrected chi connectivity index (χ3v) is 9.63. The predicted octanol–water partition coefficient (Wildman–Crippen LogP) is 5.35. The highest BCUT2D eigenvalue weighted by Gasteiger charge is 2.31. The minimum absolute atomic E-state index is 0.274. The van der Waals surface area contributed by atoms with Gasteiger partial charge in [0.1, 0.15) is 0 Å². The molecule has 4 rings (SSSR count). The molecule has 0 heterocycles. The van der Waals surface area contributed by atoms with Gasteiger partial charge in [-0.05, 0) is 47.5 Å². The minimum atomic E-state index is -4.35. The van der Waals surface area contributed by atoms with E-state index in [9.17, 15) is 37.1 Å². The zero-order chi connectivity index (χ0) is 31.2. The van der Waals surface area contributed by atoms with E-state index in [1.54, 1.807) is 60.7 Å². The first-order valence-corrected chi connectivity index (χ1v) is 16.1. The van der Waals surface area contributed by atoms with E-state index in [1.165, 1.54) is 6.08 Å². The molecule has 43 heavy (non-hydrogen) atoms. The number of nitro benzene ring substituents is 2. The molecule has 222 valence electrons. The SMILES string of the molecule is O=[N+]([O-])c1ccc(S(=O)(=O)N[C@@H](/C=C/c2ccccc2)[C@@H](NS(=O)(=O)c2ccc([N+](=O)[O-])cc2)c2ccc(Br)cc2)cc1. The number of non-ortho nitro benzene ring substituents is 2. The van der Waals surface area contributed by atoms with Gasteiger partial charge < -0.3 is 0 Å². The molecule has 0 aromatic heterocycles. The van der Waals surface area contributed by atoms with Crippen LogP contribution >= 0.6 is 15.9 Å². The van der Waals surface area contributed by atoms with E-state index in [-0.39, 0.29) is 21.2 Å². The number of hydrogen-bond donors (Lipinski definition) is 2. The van der Waals surface area contributed by atoms with E-state index in [1.807, 2.05) is 0 Å². The summed E-state index contributed by atoms with van der Waals surface area (Å²) in [5.74, 6) is 0. The second-order valence-electron chi connectivity index (χ2n) is 9.07. The van der Waals surface area contributed by atoms with Gasteiger partial charge in [-0.25, -0.2) is 26.3 Å². The summed E-state index contributed by atoms with van der Waals surface area (Å²) in [7, 11) is -8.70. The molecule has 0 unspecified atom stereocenters. The first-order chi connectivity index (χ1) is 20.4. The second-order valence-corrected chi connectivity index (χ2v) is 13.4. The molecule has 15 heteroatoms. The van der Waals surface area contributed by atoms with E-state index < -0.39 is 42.0 Å². The average molecular weight is 688 g/mol. The normalized spacial score (nSPS) is 13.4. The van der Waals surface area contributed by atoms with E-state index in [0.29, 0.717) is 15.6 Å². The first kappa shape index (κ1) is 31.7. The lowest BCUT2D eigenvalue weighted by atomic mass is 10.00. The molecule has 2 N–H and O–H groups in total. The molecule has 0 aliphatic carbocycles. The standard InChI is InChI=1S/C28H23BrN4O8S2/c29-22-9-7-21(8-10-22)28(31-43(40,41)26-17-13-24(14-18-26)33(36)37)27(19-6-20-4-2-1-3-5-20)30-42(38,39)25-15-11-23(12-16-25)32(34)35/h1-19,27-28,30-31H/b19-6+/t27-,28-/m0/s1. The summed E-state index contributed by atoms with van der Waals surface area (Å²) in [6.07, 6.45) is 3.11. The molecule has 0 aliphatic rings. The van der Waals surface area contributed by atoms with Crippen LogP contribution < -0.4 is 9.44 Å². The van der Waals surface area contributed by atoms with Gasteiger partial charge in [-0.3, -0.25) is 20.2 Å². The molecule has 4 aromatic carbocycles. The molecular formula is C28H23BrN4O8S2. The van der Waals surface area contributed by atoms with Gasteiger partial charge in [-0.1, -0.05) is 70.5 Å². The molecule has 0 amide bonds. The molecule has 0 saturated heterocycles. The van der Waals surface area contributed by atoms with Gasteiger partial charge in [0.15, 0.2) is 0 Å². The summed E-state index contributed by atoms with van der Waals surface area (Å²) in [5.41, 5.74) is 0.489. The van der Waals surface area contributed by atoms with Crippen LogP contribution in [0, 0.1) is 20.2 Å². The Kier molecular flexibility index (Phi) is 9.83. The van der Waals surface area contributed by atoms with Crippen LogP contribution in [0.2, 0.25) is 0 Å². The van der Waals surface area contributed by atoms with Crippen LogP contribution in [0.3, 0.4) is 0 Å². The number of nitrogens with one attached hydrogen (secondary N) is 2. The average Bonchev–Trinajstić information content (AvgIpc) is 2.99. The highest BCUT2D eigenvalue weighted by molar-refractivity contribution is 9.10. The van der Waals surface area contributed by atoms with Crippen molar-refractivity contribution in [1.29, 1.82) is 0 Å². The highest BCUT2D eigenvalue weighted by Crippen LogP contribution is 2.27. The maximum absolute atomic E-state index is 13.5. The van der Waals surface area contributed by atoms with Crippen LogP contribution in [0.1, 0.15) is 17.2 Å². The number of halogens is 1. The van der Waals surface area contributed by atoms with Crippen molar-refractivity contribution < 1.29 is 26.7 Å². The summed E-state index contributed by atoms with van der Waals surface area (Å²) in [4.78, 5) is 20.3. The summed E-state index contributed by atoms with van der Waals surface area (Å²) in [6.45, 7) is 0. The lowest BCUT2D eigenvalue weighted by molar-refractivity contribution is -0.385. The Balaban J connectivity index is 1.80. The van der Waals surface area contributed by atoms with Crippen LogP contribution in [0.15, 0.2) is 123 Å². The molecular weight excluding hydrogens is 664 g/mol. The Labute approximate surface area is 255 Å². The van der Waals surface area contributed by atoms with Crippen molar-refractivity contribution in [2.24, 2.45) is 0 Å². The zero-order valence-electron chi connectivity index (χ0n) is 22.0. The second kappa shape index (κ2) is 13.4. The van der Waals surface area contributed by atoms with Crippen LogP contribution in [0.5, 0.6) is 0 Å². The van der Waals surface area contributed by atoms with Crippen molar-refractivity contribution in [3.63, 3.8) is 0 Å². The fourth-order valence-corrected chi connectivity index (χ4v) is 6.71. The third kappa shape index (κ3) is 8.18. The number of sulfonamides is 2. The Morgan fingerprint density at radius 1 is 0.651 bits per heavy atom. The van der Waals surface area contributed by atoms with Crippen molar-refractivity contribution in [2.75, 3.05) is 0 Å².